The molecule has 0 aliphatic rings. The molecule has 0 fully saturated rings. The highest BCUT2D eigenvalue weighted by atomic mass is 19.1. The van der Waals surface area contributed by atoms with E-state index in [1.54, 1.807) is 6.20 Å². The molecule has 0 spiro atoms. The quantitative estimate of drug-likeness (QED) is 0.884. The molecule has 2 rings (SSSR count). The predicted octanol–water partition coefficient (Wildman–Crippen LogP) is 4.66. The van der Waals surface area contributed by atoms with Gasteiger partial charge >= 0.3 is 0 Å². The molecule has 2 atom stereocenters. The van der Waals surface area contributed by atoms with Gasteiger partial charge in [0.1, 0.15) is 5.82 Å². The van der Waals surface area contributed by atoms with Crippen molar-refractivity contribution in [3.63, 3.8) is 0 Å². The molecule has 0 saturated carbocycles. The van der Waals surface area contributed by atoms with E-state index in [2.05, 4.69) is 38.0 Å². The minimum absolute atomic E-state index is 0.0148. The highest BCUT2D eigenvalue weighted by Gasteiger charge is 2.27. The zero-order chi connectivity index (χ0) is 15.5. The number of rotatable bonds is 4. The standard InChI is InChI=1S/C18H23FN2/c1-13(16-7-5-6-12-20-16)21-17(18(2,3)4)14-8-10-15(19)11-9-14/h5-13,17,21H,1-4H3. The van der Waals surface area contributed by atoms with Crippen LogP contribution in [0.3, 0.4) is 0 Å². The maximum atomic E-state index is 13.1. The first-order valence-corrected chi connectivity index (χ1v) is 7.30. The molecular weight excluding hydrogens is 263 g/mol. The number of nitrogens with one attached hydrogen (secondary N) is 1. The molecule has 0 bridgehead atoms. The van der Waals surface area contributed by atoms with Gasteiger partial charge in [-0.25, -0.2) is 4.39 Å². The summed E-state index contributed by atoms with van der Waals surface area (Å²) < 4.78 is 13.1. The van der Waals surface area contributed by atoms with E-state index in [0.29, 0.717) is 0 Å². The molecule has 21 heavy (non-hydrogen) atoms. The van der Waals surface area contributed by atoms with Crippen LogP contribution in [0.4, 0.5) is 4.39 Å². The van der Waals surface area contributed by atoms with E-state index in [4.69, 9.17) is 0 Å². The second kappa shape index (κ2) is 6.35. The first-order valence-electron chi connectivity index (χ1n) is 7.30. The Hall–Kier alpha value is -1.74. The van der Waals surface area contributed by atoms with E-state index >= 15 is 0 Å². The molecule has 1 aromatic carbocycles. The number of aromatic nitrogens is 1. The Morgan fingerprint density at radius 2 is 1.71 bits per heavy atom. The third-order valence-corrected chi connectivity index (χ3v) is 3.62. The van der Waals surface area contributed by atoms with Gasteiger partial charge in [0.25, 0.3) is 0 Å². The molecule has 1 aromatic heterocycles. The van der Waals surface area contributed by atoms with Gasteiger partial charge in [-0.15, -0.1) is 0 Å². The molecule has 0 aliphatic heterocycles. The van der Waals surface area contributed by atoms with Gasteiger partial charge in [0, 0.05) is 18.3 Å². The van der Waals surface area contributed by atoms with Crippen molar-refractivity contribution < 1.29 is 4.39 Å². The first-order chi connectivity index (χ1) is 9.88. The Bertz CT molecular complexity index is 558. The Kier molecular flexibility index (Phi) is 4.73. The average Bonchev–Trinajstić information content (AvgIpc) is 2.45. The van der Waals surface area contributed by atoms with Crippen molar-refractivity contribution in [3.05, 3.63) is 65.7 Å². The summed E-state index contributed by atoms with van der Waals surface area (Å²) >= 11 is 0. The number of benzene rings is 1. The second-order valence-electron chi connectivity index (χ2n) is 6.49. The van der Waals surface area contributed by atoms with Crippen LogP contribution in [0.1, 0.15) is 51.0 Å². The van der Waals surface area contributed by atoms with Gasteiger partial charge in [0.15, 0.2) is 0 Å². The van der Waals surface area contributed by atoms with E-state index in [1.807, 2.05) is 30.3 Å². The van der Waals surface area contributed by atoms with Crippen LogP contribution in [0.25, 0.3) is 0 Å². The van der Waals surface area contributed by atoms with Crippen molar-refractivity contribution in [2.75, 3.05) is 0 Å². The molecule has 0 amide bonds. The molecule has 0 radical (unpaired) electrons. The zero-order valence-corrected chi connectivity index (χ0v) is 13.1. The first kappa shape index (κ1) is 15.6. The molecule has 3 heteroatoms. The van der Waals surface area contributed by atoms with Crippen LogP contribution in [0.2, 0.25) is 0 Å². The van der Waals surface area contributed by atoms with Crippen LogP contribution >= 0.6 is 0 Å². The van der Waals surface area contributed by atoms with Crippen LogP contribution < -0.4 is 5.32 Å². The Balaban J connectivity index is 2.24. The molecule has 0 aliphatic carbocycles. The fourth-order valence-corrected chi connectivity index (χ4v) is 2.47. The molecule has 112 valence electrons. The van der Waals surface area contributed by atoms with E-state index < -0.39 is 0 Å². The summed E-state index contributed by atoms with van der Waals surface area (Å²) in [6.07, 6.45) is 1.80. The molecule has 2 unspecified atom stereocenters. The summed E-state index contributed by atoms with van der Waals surface area (Å²) in [6.45, 7) is 8.64. The van der Waals surface area contributed by atoms with Crippen molar-refractivity contribution in [3.8, 4) is 0 Å². The number of nitrogens with zero attached hydrogens (tertiary/aromatic N) is 1. The summed E-state index contributed by atoms with van der Waals surface area (Å²) in [6, 6.07) is 12.9. The maximum absolute atomic E-state index is 13.1. The van der Waals surface area contributed by atoms with Gasteiger partial charge < -0.3 is 5.32 Å². The molecular formula is C18H23FN2. The molecule has 2 nitrogen and oxygen atoms in total. The monoisotopic (exact) mass is 286 g/mol. The molecule has 1 N–H and O–H groups in total. The smallest absolute Gasteiger partial charge is 0.123 e. The van der Waals surface area contributed by atoms with Crippen molar-refractivity contribution in [2.45, 2.75) is 39.8 Å². The van der Waals surface area contributed by atoms with Gasteiger partial charge in [0.05, 0.1) is 5.69 Å². The van der Waals surface area contributed by atoms with E-state index in [0.717, 1.165) is 11.3 Å². The van der Waals surface area contributed by atoms with Crippen LogP contribution in [-0.4, -0.2) is 4.98 Å². The SMILES string of the molecule is CC(NC(c1ccc(F)cc1)C(C)(C)C)c1ccccn1. The molecule has 2 aromatic rings. The average molecular weight is 286 g/mol. The van der Waals surface area contributed by atoms with Gasteiger partial charge in [-0.2, -0.15) is 0 Å². The zero-order valence-electron chi connectivity index (χ0n) is 13.1. The molecule has 0 saturated heterocycles. The Labute approximate surface area is 126 Å². The summed E-state index contributed by atoms with van der Waals surface area (Å²) in [4.78, 5) is 4.40. The lowest BCUT2D eigenvalue weighted by Crippen LogP contribution is -2.34. The predicted molar refractivity (Wildman–Crippen MR) is 84.4 cm³/mol. The normalized spacial score (nSPS) is 14.7. The van der Waals surface area contributed by atoms with Gasteiger partial charge in [-0.3, -0.25) is 4.98 Å². The van der Waals surface area contributed by atoms with Gasteiger partial charge in [-0.05, 0) is 42.2 Å². The fourth-order valence-electron chi connectivity index (χ4n) is 2.47. The lowest BCUT2D eigenvalue weighted by molar-refractivity contribution is 0.252. The third-order valence-electron chi connectivity index (χ3n) is 3.62. The largest absolute Gasteiger partial charge is 0.301 e. The highest BCUT2D eigenvalue weighted by Crippen LogP contribution is 2.34. The number of hydrogen-bond acceptors (Lipinski definition) is 2. The van der Waals surface area contributed by atoms with Gasteiger partial charge in [0.2, 0.25) is 0 Å². The maximum Gasteiger partial charge on any atom is 0.123 e. The van der Waals surface area contributed by atoms with E-state index in [1.165, 1.54) is 12.1 Å². The lowest BCUT2D eigenvalue weighted by Gasteiger charge is -2.34. The van der Waals surface area contributed by atoms with Crippen molar-refractivity contribution in [2.24, 2.45) is 5.41 Å². The summed E-state index contributed by atoms with van der Waals surface area (Å²) in [5.74, 6) is -0.204. The van der Waals surface area contributed by atoms with Crippen molar-refractivity contribution in [1.29, 1.82) is 0 Å². The lowest BCUT2D eigenvalue weighted by atomic mass is 9.82. The summed E-state index contributed by atoms with van der Waals surface area (Å²) in [5, 5.41) is 3.62. The third kappa shape index (κ3) is 4.11. The van der Waals surface area contributed by atoms with Crippen LogP contribution in [-0.2, 0) is 0 Å². The summed E-state index contributed by atoms with van der Waals surface area (Å²) in [7, 11) is 0. The fraction of sp³-hybridized carbons (Fsp3) is 0.389. The highest BCUT2D eigenvalue weighted by molar-refractivity contribution is 5.22. The topological polar surface area (TPSA) is 24.9 Å². The van der Waals surface area contributed by atoms with Crippen LogP contribution in [0.5, 0.6) is 0 Å². The van der Waals surface area contributed by atoms with Gasteiger partial charge in [-0.1, -0.05) is 39.0 Å². The van der Waals surface area contributed by atoms with Crippen LogP contribution in [0.15, 0.2) is 48.7 Å². The number of pyridine rings is 1. The minimum atomic E-state index is -0.204. The second-order valence-corrected chi connectivity index (χ2v) is 6.49. The Morgan fingerprint density at radius 3 is 2.24 bits per heavy atom. The van der Waals surface area contributed by atoms with Crippen molar-refractivity contribution >= 4 is 0 Å². The number of halogens is 1. The van der Waals surface area contributed by atoms with E-state index in [9.17, 15) is 4.39 Å². The molecule has 1 heterocycles. The minimum Gasteiger partial charge on any atom is -0.301 e. The van der Waals surface area contributed by atoms with E-state index in [-0.39, 0.29) is 23.3 Å². The van der Waals surface area contributed by atoms with Crippen molar-refractivity contribution in [1.82, 2.24) is 10.3 Å². The van der Waals surface area contributed by atoms with Crippen LogP contribution in [0, 0.1) is 11.2 Å². The summed E-state index contributed by atoms with van der Waals surface area (Å²) in [5.41, 5.74) is 2.11. The number of hydrogen-bond donors (Lipinski definition) is 1. The Morgan fingerprint density at radius 1 is 1.05 bits per heavy atom.